The highest BCUT2D eigenvalue weighted by Gasteiger charge is 2.26. The van der Waals surface area contributed by atoms with Crippen molar-refractivity contribution in [3.63, 3.8) is 0 Å². The molecule has 0 aromatic heterocycles. The van der Waals surface area contributed by atoms with Crippen molar-refractivity contribution in [1.82, 2.24) is 9.80 Å². The lowest BCUT2D eigenvalue weighted by atomic mass is 10.0. The van der Waals surface area contributed by atoms with Crippen molar-refractivity contribution < 1.29 is 9.59 Å². The van der Waals surface area contributed by atoms with Gasteiger partial charge in [0, 0.05) is 64.0 Å². The number of piperazine rings is 1. The first-order valence-corrected chi connectivity index (χ1v) is 11.1. The fraction of sp³-hybridized carbons (Fsp3) is 0.440. The van der Waals surface area contributed by atoms with Crippen LogP contribution >= 0.6 is 0 Å². The second-order valence-corrected chi connectivity index (χ2v) is 8.41. The number of hydrogen-bond acceptors (Lipinski definition) is 4. The number of carbonyl (C=O) groups is 2. The van der Waals surface area contributed by atoms with E-state index >= 15 is 0 Å². The van der Waals surface area contributed by atoms with Crippen molar-refractivity contribution in [2.75, 3.05) is 30.3 Å². The van der Waals surface area contributed by atoms with Crippen molar-refractivity contribution >= 4 is 23.2 Å². The van der Waals surface area contributed by atoms with Gasteiger partial charge in [0.2, 0.25) is 11.8 Å². The molecule has 0 unspecified atom stereocenters. The number of rotatable bonds is 8. The van der Waals surface area contributed by atoms with Crippen molar-refractivity contribution in [3.05, 3.63) is 59.7 Å². The van der Waals surface area contributed by atoms with Gasteiger partial charge in [-0.15, -0.1) is 0 Å². The summed E-state index contributed by atoms with van der Waals surface area (Å²) in [6.07, 6.45) is 2.31. The molecule has 1 atom stereocenters. The highest BCUT2D eigenvalue weighted by atomic mass is 16.2. The van der Waals surface area contributed by atoms with Crippen LogP contribution < -0.4 is 10.6 Å². The van der Waals surface area contributed by atoms with Crippen LogP contribution in [0.5, 0.6) is 0 Å². The van der Waals surface area contributed by atoms with Crippen LogP contribution in [0, 0.1) is 0 Å². The second-order valence-electron chi connectivity index (χ2n) is 8.41. The van der Waals surface area contributed by atoms with E-state index in [1.807, 2.05) is 24.3 Å². The molecule has 6 heteroatoms. The maximum atomic E-state index is 11.4. The second kappa shape index (κ2) is 11.1. The van der Waals surface area contributed by atoms with E-state index in [0.717, 1.165) is 56.9 Å². The van der Waals surface area contributed by atoms with Crippen LogP contribution in [-0.2, 0) is 22.7 Å². The summed E-state index contributed by atoms with van der Waals surface area (Å²) in [6.45, 7) is 10.1. The lowest BCUT2D eigenvalue weighted by Gasteiger charge is -2.41. The molecule has 1 aliphatic rings. The first-order chi connectivity index (χ1) is 14.9. The third-order valence-corrected chi connectivity index (χ3v) is 5.60. The molecule has 1 heterocycles. The van der Waals surface area contributed by atoms with E-state index in [1.54, 1.807) is 0 Å². The maximum absolute atomic E-state index is 11.4. The molecule has 2 aromatic rings. The van der Waals surface area contributed by atoms with Gasteiger partial charge in [-0.2, -0.15) is 0 Å². The number of nitrogens with zero attached hydrogens (tertiary/aromatic N) is 2. The molecule has 1 fully saturated rings. The molecule has 2 aromatic carbocycles. The molecule has 0 spiro atoms. The van der Waals surface area contributed by atoms with Gasteiger partial charge >= 0.3 is 0 Å². The Morgan fingerprint density at radius 3 is 2.03 bits per heavy atom. The van der Waals surface area contributed by atoms with E-state index in [0.29, 0.717) is 6.04 Å². The number of anilines is 2. The molecule has 31 heavy (non-hydrogen) atoms. The average molecular weight is 423 g/mol. The zero-order valence-electron chi connectivity index (χ0n) is 18.9. The number of amides is 2. The van der Waals surface area contributed by atoms with Crippen LogP contribution in [0.4, 0.5) is 11.4 Å². The average Bonchev–Trinajstić information content (AvgIpc) is 2.70. The van der Waals surface area contributed by atoms with Gasteiger partial charge in [0.1, 0.15) is 0 Å². The smallest absolute Gasteiger partial charge is 0.221 e. The van der Waals surface area contributed by atoms with Gasteiger partial charge in [0.15, 0.2) is 0 Å². The lowest BCUT2D eigenvalue weighted by molar-refractivity contribution is -0.115. The van der Waals surface area contributed by atoms with E-state index in [-0.39, 0.29) is 11.8 Å². The molecular weight excluding hydrogens is 388 g/mol. The fourth-order valence-electron chi connectivity index (χ4n) is 4.31. The number of hydrogen-bond donors (Lipinski definition) is 2. The molecule has 166 valence electrons. The molecule has 1 aliphatic heterocycles. The van der Waals surface area contributed by atoms with E-state index in [1.165, 1.54) is 25.0 Å². The van der Waals surface area contributed by atoms with Crippen LogP contribution in [-0.4, -0.2) is 47.3 Å². The normalized spacial score (nSPS) is 17.3. The van der Waals surface area contributed by atoms with Gasteiger partial charge in [-0.25, -0.2) is 0 Å². The topological polar surface area (TPSA) is 64.7 Å². The quantitative estimate of drug-likeness (QED) is 0.673. The number of benzene rings is 2. The van der Waals surface area contributed by atoms with Gasteiger partial charge < -0.3 is 10.6 Å². The maximum Gasteiger partial charge on any atom is 0.221 e. The summed E-state index contributed by atoms with van der Waals surface area (Å²) < 4.78 is 0. The third-order valence-electron chi connectivity index (χ3n) is 5.60. The van der Waals surface area contributed by atoms with Crippen LogP contribution in [0.25, 0.3) is 0 Å². The standard InChI is InChI=1S/C25H34N4O2/c1-4-7-25-18-28(16-21-8-5-10-23(14-21)26-19(2)30)12-13-29(25)17-22-9-6-11-24(15-22)27-20(3)31/h5-6,8-11,14-15,25H,4,7,12-13,16-18H2,1-3H3,(H,26,30)(H,27,31)/t25-/m1/s1. The van der Waals surface area contributed by atoms with Crippen molar-refractivity contribution in [1.29, 1.82) is 0 Å². The van der Waals surface area contributed by atoms with Gasteiger partial charge in [0.05, 0.1) is 0 Å². The first kappa shape index (κ1) is 23.0. The van der Waals surface area contributed by atoms with E-state index in [9.17, 15) is 9.59 Å². The minimum Gasteiger partial charge on any atom is -0.326 e. The summed E-state index contributed by atoms with van der Waals surface area (Å²) in [7, 11) is 0. The predicted octanol–water partition coefficient (Wildman–Crippen LogP) is 4.09. The van der Waals surface area contributed by atoms with Crippen molar-refractivity contribution in [2.45, 2.75) is 52.7 Å². The SMILES string of the molecule is CCC[C@@H]1CN(Cc2cccc(NC(C)=O)c2)CCN1Cc1cccc(NC(C)=O)c1. The Morgan fingerprint density at radius 1 is 0.903 bits per heavy atom. The van der Waals surface area contributed by atoms with E-state index in [4.69, 9.17) is 0 Å². The Bertz CT molecular complexity index is 899. The van der Waals surface area contributed by atoms with Crippen LogP contribution in [0.2, 0.25) is 0 Å². The summed E-state index contributed by atoms with van der Waals surface area (Å²) in [5, 5.41) is 5.75. The Labute approximate surface area is 185 Å². The zero-order chi connectivity index (χ0) is 22.2. The summed E-state index contributed by atoms with van der Waals surface area (Å²) in [6, 6.07) is 16.8. The highest BCUT2D eigenvalue weighted by molar-refractivity contribution is 5.89. The monoisotopic (exact) mass is 422 g/mol. The van der Waals surface area contributed by atoms with Crippen LogP contribution in [0.3, 0.4) is 0 Å². The molecule has 0 aliphatic carbocycles. The largest absolute Gasteiger partial charge is 0.326 e. The molecule has 2 amide bonds. The Kier molecular flexibility index (Phi) is 8.20. The molecule has 0 radical (unpaired) electrons. The fourth-order valence-corrected chi connectivity index (χ4v) is 4.31. The van der Waals surface area contributed by atoms with Crippen molar-refractivity contribution in [2.24, 2.45) is 0 Å². The van der Waals surface area contributed by atoms with Gasteiger partial charge in [-0.3, -0.25) is 19.4 Å². The Balaban J connectivity index is 1.63. The van der Waals surface area contributed by atoms with Gasteiger partial charge in [-0.1, -0.05) is 37.6 Å². The highest BCUT2D eigenvalue weighted by Crippen LogP contribution is 2.21. The van der Waals surface area contributed by atoms with Crippen LogP contribution in [0.15, 0.2) is 48.5 Å². The Morgan fingerprint density at radius 2 is 1.48 bits per heavy atom. The third kappa shape index (κ3) is 7.19. The summed E-state index contributed by atoms with van der Waals surface area (Å²) in [5.74, 6) is -0.0893. The predicted molar refractivity (Wildman–Crippen MR) is 126 cm³/mol. The molecule has 6 nitrogen and oxygen atoms in total. The van der Waals surface area contributed by atoms with Gasteiger partial charge in [0.25, 0.3) is 0 Å². The lowest BCUT2D eigenvalue weighted by Crippen LogP contribution is -2.52. The molecule has 0 bridgehead atoms. The minimum absolute atomic E-state index is 0.0443. The molecule has 2 N–H and O–H groups in total. The van der Waals surface area contributed by atoms with E-state index in [2.05, 4.69) is 51.6 Å². The molecular formula is C25H34N4O2. The molecule has 1 saturated heterocycles. The first-order valence-electron chi connectivity index (χ1n) is 11.1. The minimum atomic E-state index is -0.0450. The molecule has 3 rings (SSSR count). The van der Waals surface area contributed by atoms with Crippen molar-refractivity contribution in [3.8, 4) is 0 Å². The van der Waals surface area contributed by atoms with Crippen LogP contribution in [0.1, 0.15) is 44.7 Å². The Hall–Kier alpha value is -2.70. The summed E-state index contributed by atoms with van der Waals surface area (Å²) in [4.78, 5) is 27.8. The summed E-state index contributed by atoms with van der Waals surface area (Å²) >= 11 is 0. The van der Waals surface area contributed by atoms with Gasteiger partial charge in [-0.05, 0) is 41.8 Å². The zero-order valence-corrected chi connectivity index (χ0v) is 18.9. The summed E-state index contributed by atoms with van der Waals surface area (Å²) in [5.41, 5.74) is 4.16. The number of carbonyl (C=O) groups excluding carboxylic acids is 2. The number of nitrogens with one attached hydrogen (secondary N) is 2. The molecule has 0 saturated carbocycles. The van der Waals surface area contributed by atoms with E-state index < -0.39 is 0 Å².